The van der Waals surface area contributed by atoms with Crippen molar-refractivity contribution in [3.63, 3.8) is 0 Å². The lowest BCUT2D eigenvalue weighted by Gasteiger charge is -2.23. The fraction of sp³-hybridized carbons (Fsp3) is 0.474. The second-order valence-corrected chi connectivity index (χ2v) is 7.66. The number of amides is 1. The minimum absolute atomic E-state index is 0.0343. The van der Waals surface area contributed by atoms with Crippen LogP contribution in [0.25, 0.3) is 0 Å². The van der Waals surface area contributed by atoms with Gasteiger partial charge in [0, 0.05) is 11.6 Å². The predicted molar refractivity (Wildman–Crippen MR) is 90.6 cm³/mol. The maximum atomic E-state index is 12.7. The van der Waals surface area contributed by atoms with E-state index in [1.165, 1.54) is 0 Å². The number of hydrogen-bond acceptors (Lipinski definition) is 2. The number of allylic oxidation sites excluding steroid dienone is 2. The molecule has 126 valence electrons. The normalized spacial score (nSPS) is 31.4. The number of carbonyl (C=O) groups excluding carboxylic acids is 1. The summed E-state index contributed by atoms with van der Waals surface area (Å²) in [5.41, 5.74) is 1.17. The zero-order chi connectivity index (χ0) is 16.9. The average Bonchev–Trinajstić information content (AvgIpc) is 3.22. The maximum absolute atomic E-state index is 12.7. The third-order valence-corrected chi connectivity index (χ3v) is 6.31. The number of hydrogen-bond donors (Lipinski definition) is 2. The van der Waals surface area contributed by atoms with Crippen molar-refractivity contribution in [1.82, 2.24) is 5.32 Å². The van der Waals surface area contributed by atoms with Crippen molar-refractivity contribution in [3.05, 3.63) is 47.0 Å². The first kappa shape index (κ1) is 15.7. The molecule has 1 amide bonds. The molecule has 2 N–H and O–H groups in total. The van der Waals surface area contributed by atoms with Gasteiger partial charge in [0.15, 0.2) is 0 Å². The summed E-state index contributed by atoms with van der Waals surface area (Å²) < 4.78 is 0. The van der Waals surface area contributed by atoms with Gasteiger partial charge < -0.3 is 10.4 Å². The molecule has 1 aromatic carbocycles. The van der Waals surface area contributed by atoms with Crippen LogP contribution in [0, 0.1) is 29.1 Å². The highest BCUT2D eigenvalue weighted by molar-refractivity contribution is 6.30. The SMILES string of the molecule is O=C(NCCc1ccc(Cl)cc1)C1[C@H](C(=O)O)[C@H]2C=C[C@@H]1C21CC1. The Bertz CT molecular complexity index is 708. The monoisotopic (exact) mass is 345 g/mol. The molecule has 4 nitrogen and oxygen atoms in total. The number of aliphatic carboxylic acids is 1. The zero-order valence-electron chi connectivity index (χ0n) is 13.2. The summed E-state index contributed by atoms with van der Waals surface area (Å²) >= 11 is 5.86. The lowest BCUT2D eigenvalue weighted by molar-refractivity contribution is -0.147. The van der Waals surface area contributed by atoms with E-state index in [1.807, 2.05) is 30.3 Å². The molecular formula is C19H20ClNO3. The van der Waals surface area contributed by atoms with Crippen LogP contribution in [0.1, 0.15) is 18.4 Å². The van der Waals surface area contributed by atoms with Crippen molar-refractivity contribution < 1.29 is 14.7 Å². The predicted octanol–water partition coefficient (Wildman–Crippen LogP) is 2.91. The first-order chi connectivity index (χ1) is 11.5. The van der Waals surface area contributed by atoms with Gasteiger partial charge in [0.2, 0.25) is 5.91 Å². The van der Waals surface area contributed by atoms with Gasteiger partial charge in [-0.25, -0.2) is 0 Å². The van der Waals surface area contributed by atoms with Crippen LogP contribution < -0.4 is 5.32 Å². The second kappa shape index (κ2) is 5.62. The van der Waals surface area contributed by atoms with E-state index in [4.69, 9.17) is 11.6 Å². The third kappa shape index (κ3) is 2.35. The molecule has 0 aromatic heterocycles. The van der Waals surface area contributed by atoms with E-state index in [0.29, 0.717) is 18.0 Å². The lowest BCUT2D eigenvalue weighted by Crippen LogP contribution is -2.40. The summed E-state index contributed by atoms with van der Waals surface area (Å²) in [6.45, 7) is 0.511. The van der Waals surface area contributed by atoms with Crippen LogP contribution in [-0.2, 0) is 16.0 Å². The Balaban J connectivity index is 1.41. The van der Waals surface area contributed by atoms with Crippen LogP contribution in [0.2, 0.25) is 5.02 Å². The standard InChI is InChI=1S/C19H20ClNO3/c20-12-3-1-11(2-4-12)7-10-21-17(22)15-13-5-6-14(16(15)18(23)24)19(13)8-9-19/h1-6,13-16H,7-10H2,(H,21,22)(H,23,24)/t13-,14+,15?,16+/m0/s1. The van der Waals surface area contributed by atoms with E-state index in [9.17, 15) is 14.7 Å². The van der Waals surface area contributed by atoms with Gasteiger partial charge in [-0.2, -0.15) is 0 Å². The van der Waals surface area contributed by atoms with Crippen LogP contribution in [0.3, 0.4) is 0 Å². The fourth-order valence-corrected chi connectivity index (χ4v) is 4.92. The zero-order valence-corrected chi connectivity index (χ0v) is 14.0. The Hall–Kier alpha value is -1.81. The highest BCUT2D eigenvalue weighted by Crippen LogP contribution is 2.71. The molecule has 1 unspecified atom stereocenters. The van der Waals surface area contributed by atoms with Gasteiger partial charge in [0.05, 0.1) is 11.8 Å². The molecule has 0 heterocycles. The Labute approximate surface area is 145 Å². The van der Waals surface area contributed by atoms with Crippen LogP contribution in [0.15, 0.2) is 36.4 Å². The third-order valence-electron chi connectivity index (χ3n) is 6.06. The maximum Gasteiger partial charge on any atom is 0.307 e. The van der Waals surface area contributed by atoms with Crippen LogP contribution >= 0.6 is 11.6 Å². The molecule has 24 heavy (non-hydrogen) atoms. The number of carbonyl (C=O) groups is 2. The summed E-state index contributed by atoms with van der Waals surface area (Å²) in [6.07, 6.45) is 6.93. The Kier molecular flexibility index (Phi) is 3.68. The van der Waals surface area contributed by atoms with Crippen LogP contribution in [0.5, 0.6) is 0 Å². The molecule has 1 spiro atoms. The highest BCUT2D eigenvalue weighted by atomic mass is 35.5. The molecular weight excluding hydrogens is 326 g/mol. The summed E-state index contributed by atoms with van der Waals surface area (Å²) in [5.74, 6) is -1.81. The molecule has 0 radical (unpaired) electrons. The van der Waals surface area contributed by atoms with Crippen molar-refractivity contribution in [2.45, 2.75) is 19.3 Å². The summed E-state index contributed by atoms with van der Waals surface area (Å²) in [5, 5.41) is 13.3. The van der Waals surface area contributed by atoms with Gasteiger partial charge in [-0.3, -0.25) is 9.59 Å². The molecule has 5 heteroatoms. The van der Waals surface area contributed by atoms with Crippen molar-refractivity contribution >= 4 is 23.5 Å². The van der Waals surface area contributed by atoms with Gasteiger partial charge in [0.1, 0.15) is 0 Å². The summed E-state index contributed by atoms with van der Waals surface area (Å²) in [4.78, 5) is 24.4. The topological polar surface area (TPSA) is 66.4 Å². The van der Waals surface area contributed by atoms with Gasteiger partial charge in [-0.1, -0.05) is 35.9 Å². The van der Waals surface area contributed by atoms with E-state index >= 15 is 0 Å². The highest BCUT2D eigenvalue weighted by Gasteiger charge is 2.69. The van der Waals surface area contributed by atoms with Crippen molar-refractivity contribution in [1.29, 1.82) is 0 Å². The molecule has 2 saturated carbocycles. The van der Waals surface area contributed by atoms with Crippen LogP contribution in [0.4, 0.5) is 0 Å². The number of benzene rings is 1. The quantitative estimate of drug-likeness (QED) is 0.806. The molecule has 3 aliphatic rings. The average molecular weight is 346 g/mol. The smallest absolute Gasteiger partial charge is 0.307 e. The Morgan fingerprint density at radius 3 is 2.33 bits per heavy atom. The number of nitrogens with one attached hydrogen (secondary N) is 1. The van der Waals surface area contributed by atoms with E-state index in [1.54, 1.807) is 0 Å². The minimum atomic E-state index is -0.837. The Morgan fingerprint density at radius 2 is 1.75 bits per heavy atom. The van der Waals surface area contributed by atoms with Gasteiger partial charge >= 0.3 is 5.97 Å². The van der Waals surface area contributed by atoms with Gasteiger partial charge in [-0.15, -0.1) is 0 Å². The first-order valence-electron chi connectivity index (χ1n) is 8.46. The minimum Gasteiger partial charge on any atom is -0.481 e. The molecule has 3 aliphatic carbocycles. The van der Waals surface area contributed by atoms with Crippen molar-refractivity contribution in [2.75, 3.05) is 6.54 Å². The number of halogens is 1. The van der Waals surface area contributed by atoms with Crippen molar-refractivity contribution in [2.24, 2.45) is 29.1 Å². The van der Waals surface area contributed by atoms with Crippen molar-refractivity contribution in [3.8, 4) is 0 Å². The lowest BCUT2D eigenvalue weighted by atomic mass is 9.82. The van der Waals surface area contributed by atoms with Crippen LogP contribution in [-0.4, -0.2) is 23.5 Å². The van der Waals surface area contributed by atoms with Gasteiger partial charge in [-0.05, 0) is 54.2 Å². The second-order valence-electron chi connectivity index (χ2n) is 7.23. The van der Waals surface area contributed by atoms with E-state index in [2.05, 4.69) is 11.4 Å². The molecule has 2 bridgehead atoms. The summed E-state index contributed by atoms with van der Waals surface area (Å²) in [6, 6.07) is 7.54. The van der Waals surface area contributed by atoms with E-state index in [-0.39, 0.29) is 23.2 Å². The fourth-order valence-electron chi connectivity index (χ4n) is 4.79. The molecule has 4 rings (SSSR count). The molecule has 4 atom stereocenters. The molecule has 1 aromatic rings. The van der Waals surface area contributed by atoms with Gasteiger partial charge in [0.25, 0.3) is 0 Å². The first-order valence-corrected chi connectivity index (χ1v) is 8.84. The largest absolute Gasteiger partial charge is 0.481 e. The summed E-state index contributed by atoms with van der Waals surface area (Å²) in [7, 11) is 0. The molecule has 0 aliphatic heterocycles. The number of rotatable bonds is 5. The molecule has 0 saturated heterocycles. The number of carboxylic acids is 1. The van der Waals surface area contributed by atoms with E-state index in [0.717, 1.165) is 18.4 Å². The Morgan fingerprint density at radius 1 is 1.12 bits per heavy atom. The van der Waals surface area contributed by atoms with E-state index < -0.39 is 17.8 Å². The molecule has 2 fully saturated rings. The number of carboxylic acid groups (broad SMARTS) is 1.